The van der Waals surface area contributed by atoms with Gasteiger partial charge in [0.05, 0.1) is 34.5 Å². The average Bonchev–Trinajstić information content (AvgIpc) is 3.41. The Kier molecular flexibility index (Phi) is 7.68. The number of carbonyl (C=O) groups is 2. The van der Waals surface area contributed by atoms with Gasteiger partial charge in [0, 0.05) is 48.8 Å². The minimum atomic E-state index is -0.0938. The zero-order chi connectivity index (χ0) is 24.9. The number of amides is 2. The molecule has 2 aliphatic rings. The molecule has 8 nitrogen and oxygen atoms in total. The molecule has 2 amide bonds. The van der Waals surface area contributed by atoms with Gasteiger partial charge in [0.1, 0.15) is 23.0 Å². The van der Waals surface area contributed by atoms with E-state index in [4.69, 9.17) is 18.9 Å². The number of carbonyl (C=O) groups excluding carboxylic acids is 2. The van der Waals surface area contributed by atoms with Crippen molar-refractivity contribution in [1.82, 2.24) is 9.80 Å². The molecule has 188 valence electrons. The van der Waals surface area contributed by atoms with Crippen molar-refractivity contribution in [2.75, 3.05) is 48.1 Å². The summed E-state index contributed by atoms with van der Waals surface area (Å²) in [6, 6.07) is 11.0. The van der Waals surface area contributed by atoms with Crippen LogP contribution in [0.5, 0.6) is 23.0 Å². The second-order valence-electron chi connectivity index (χ2n) is 8.97. The summed E-state index contributed by atoms with van der Waals surface area (Å²) in [4.78, 5) is 30.5. The van der Waals surface area contributed by atoms with E-state index in [9.17, 15) is 9.59 Å². The molecule has 0 saturated carbocycles. The van der Waals surface area contributed by atoms with Crippen molar-refractivity contribution in [3.8, 4) is 23.0 Å². The van der Waals surface area contributed by atoms with Gasteiger partial charge in [0.2, 0.25) is 5.91 Å². The molecule has 4 rings (SSSR count). The van der Waals surface area contributed by atoms with E-state index in [0.29, 0.717) is 43.0 Å². The molecular formula is C27H34N2O6. The Morgan fingerprint density at radius 3 is 2.03 bits per heavy atom. The minimum Gasteiger partial charge on any atom is -0.497 e. The van der Waals surface area contributed by atoms with Crippen LogP contribution in [0.1, 0.15) is 47.6 Å². The van der Waals surface area contributed by atoms with Crippen LogP contribution in [0.3, 0.4) is 0 Å². The Morgan fingerprint density at radius 1 is 0.771 bits per heavy atom. The molecule has 2 fully saturated rings. The molecule has 2 aliphatic heterocycles. The minimum absolute atomic E-state index is 0.00716. The number of likely N-dealkylation sites (tertiary alicyclic amines) is 2. The van der Waals surface area contributed by atoms with Crippen molar-refractivity contribution in [1.29, 1.82) is 0 Å². The molecule has 1 atom stereocenters. The van der Waals surface area contributed by atoms with Gasteiger partial charge in [-0.15, -0.1) is 0 Å². The van der Waals surface area contributed by atoms with Gasteiger partial charge in [0.25, 0.3) is 5.91 Å². The lowest BCUT2D eigenvalue weighted by molar-refractivity contribution is -0.137. The van der Waals surface area contributed by atoms with E-state index in [1.54, 1.807) is 46.6 Å². The van der Waals surface area contributed by atoms with Crippen LogP contribution >= 0.6 is 0 Å². The Balaban J connectivity index is 1.42. The van der Waals surface area contributed by atoms with Gasteiger partial charge in [-0.05, 0) is 49.9 Å². The summed E-state index contributed by atoms with van der Waals surface area (Å²) < 4.78 is 21.5. The quantitative estimate of drug-likeness (QED) is 0.595. The molecule has 2 aromatic carbocycles. The Hall–Kier alpha value is -3.42. The smallest absolute Gasteiger partial charge is 0.254 e. The lowest BCUT2D eigenvalue weighted by atomic mass is 9.93. The van der Waals surface area contributed by atoms with Gasteiger partial charge in [-0.1, -0.05) is 0 Å². The molecule has 0 aliphatic carbocycles. The fourth-order valence-corrected chi connectivity index (χ4v) is 5.13. The number of benzene rings is 2. The summed E-state index contributed by atoms with van der Waals surface area (Å²) in [5.74, 6) is 2.62. The SMILES string of the molecule is COc1cc(OC)cc(C(=O)N2CCC(C(=O)N3CCCC3c3ccc(OC)cc3OC)CC2)c1. The van der Waals surface area contributed by atoms with Crippen molar-refractivity contribution < 1.29 is 28.5 Å². The largest absolute Gasteiger partial charge is 0.497 e. The summed E-state index contributed by atoms with van der Waals surface area (Å²) in [5.41, 5.74) is 1.54. The van der Waals surface area contributed by atoms with Crippen LogP contribution in [0.2, 0.25) is 0 Å². The van der Waals surface area contributed by atoms with Crippen LogP contribution in [-0.2, 0) is 4.79 Å². The predicted octanol–water partition coefficient (Wildman–Crippen LogP) is 3.94. The third-order valence-electron chi connectivity index (χ3n) is 7.07. The summed E-state index contributed by atoms with van der Waals surface area (Å²) >= 11 is 0. The number of piperidine rings is 1. The molecule has 8 heteroatoms. The van der Waals surface area contributed by atoms with Crippen molar-refractivity contribution >= 4 is 11.8 Å². The summed E-state index contributed by atoms with van der Waals surface area (Å²) in [6.07, 6.45) is 3.16. The normalized spacial score (nSPS) is 18.3. The van der Waals surface area contributed by atoms with Crippen molar-refractivity contribution in [3.05, 3.63) is 47.5 Å². The molecule has 35 heavy (non-hydrogen) atoms. The third-order valence-corrected chi connectivity index (χ3v) is 7.07. The molecular weight excluding hydrogens is 448 g/mol. The standard InChI is InChI=1S/C27H34N2O6/c1-32-20-7-8-23(25(17-20)35-4)24-6-5-11-29(24)27(31)18-9-12-28(13-10-18)26(30)19-14-21(33-2)16-22(15-19)34-3/h7-8,14-18,24H,5-6,9-13H2,1-4H3. The van der Waals surface area contributed by atoms with Gasteiger partial charge in [0.15, 0.2) is 0 Å². The topological polar surface area (TPSA) is 77.5 Å². The first kappa shape index (κ1) is 24.7. The van der Waals surface area contributed by atoms with Crippen molar-refractivity contribution in [2.45, 2.75) is 31.7 Å². The second-order valence-corrected chi connectivity index (χ2v) is 8.97. The lowest BCUT2D eigenvalue weighted by Gasteiger charge is -2.35. The fraction of sp³-hybridized carbons (Fsp3) is 0.481. The van der Waals surface area contributed by atoms with E-state index in [-0.39, 0.29) is 23.8 Å². The summed E-state index contributed by atoms with van der Waals surface area (Å²) in [5, 5.41) is 0. The van der Waals surface area contributed by atoms with Gasteiger partial charge >= 0.3 is 0 Å². The molecule has 2 saturated heterocycles. The molecule has 1 unspecified atom stereocenters. The van der Waals surface area contributed by atoms with Crippen LogP contribution in [-0.4, -0.2) is 69.7 Å². The molecule has 2 aromatic rings. The third kappa shape index (κ3) is 5.16. The van der Waals surface area contributed by atoms with E-state index in [1.165, 1.54) is 0 Å². The van der Waals surface area contributed by atoms with Gasteiger partial charge in [-0.2, -0.15) is 0 Å². The first-order chi connectivity index (χ1) is 17.0. The van der Waals surface area contributed by atoms with Gasteiger partial charge in [-0.25, -0.2) is 0 Å². The van der Waals surface area contributed by atoms with Crippen LogP contribution in [0.4, 0.5) is 0 Å². The maximum absolute atomic E-state index is 13.5. The first-order valence-corrected chi connectivity index (χ1v) is 12.0. The highest BCUT2D eigenvalue weighted by Crippen LogP contribution is 2.40. The number of hydrogen-bond acceptors (Lipinski definition) is 6. The monoisotopic (exact) mass is 482 g/mol. The molecule has 0 N–H and O–H groups in total. The fourth-order valence-electron chi connectivity index (χ4n) is 5.13. The van der Waals surface area contributed by atoms with Crippen LogP contribution < -0.4 is 18.9 Å². The highest BCUT2D eigenvalue weighted by atomic mass is 16.5. The van der Waals surface area contributed by atoms with Crippen molar-refractivity contribution in [3.63, 3.8) is 0 Å². The van der Waals surface area contributed by atoms with Crippen LogP contribution in [0, 0.1) is 5.92 Å². The van der Waals surface area contributed by atoms with Crippen LogP contribution in [0.15, 0.2) is 36.4 Å². The molecule has 0 radical (unpaired) electrons. The van der Waals surface area contributed by atoms with E-state index in [0.717, 1.165) is 36.4 Å². The second kappa shape index (κ2) is 10.9. The average molecular weight is 483 g/mol. The van der Waals surface area contributed by atoms with Gasteiger partial charge in [-0.3, -0.25) is 9.59 Å². The molecule has 0 aromatic heterocycles. The lowest BCUT2D eigenvalue weighted by Crippen LogP contribution is -2.44. The maximum atomic E-state index is 13.5. The van der Waals surface area contributed by atoms with Crippen molar-refractivity contribution in [2.24, 2.45) is 5.92 Å². The van der Waals surface area contributed by atoms with E-state index in [2.05, 4.69) is 0 Å². The molecule has 2 heterocycles. The first-order valence-electron chi connectivity index (χ1n) is 12.0. The van der Waals surface area contributed by atoms with E-state index in [1.807, 2.05) is 28.0 Å². The molecule has 0 spiro atoms. The molecule has 0 bridgehead atoms. The number of hydrogen-bond donors (Lipinski definition) is 0. The number of rotatable bonds is 7. The predicted molar refractivity (Wildman–Crippen MR) is 131 cm³/mol. The Bertz CT molecular complexity index is 1040. The summed E-state index contributed by atoms with van der Waals surface area (Å²) in [7, 11) is 6.40. The number of methoxy groups -OCH3 is 4. The summed E-state index contributed by atoms with van der Waals surface area (Å²) in [6.45, 7) is 1.82. The van der Waals surface area contributed by atoms with Crippen LogP contribution in [0.25, 0.3) is 0 Å². The zero-order valence-corrected chi connectivity index (χ0v) is 20.9. The highest BCUT2D eigenvalue weighted by Gasteiger charge is 2.37. The maximum Gasteiger partial charge on any atom is 0.254 e. The van der Waals surface area contributed by atoms with Gasteiger partial charge < -0.3 is 28.7 Å². The number of ether oxygens (including phenoxy) is 4. The Labute approximate surface area is 206 Å². The zero-order valence-electron chi connectivity index (χ0n) is 20.9. The Morgan fingerprint density at radius 2 is 1.43 bits per heavy atom. The van der Waals surface area contributed by atoms with E-state index >= 15 is 0 Å². The highest BCUT2D eigenvalue weighted by molar-refractivity contribution is 5.95. The number of nitrogens with zero attached hydrogens (tertiary/aromatic N) is 2. The van der Waals surface area contributed by atoms with E-state index < -0.39 is 0 Å².